The predicted octanol–water partition coefficient (Wildman–Crippen LogP) is 3.23. The van der Waals surface area contributed by atoms with Crippen LogP contribution in [-0.2, 0) is 0 Å². The second-order valence-electron chi connectivity index (χ2n) is 4.72. The van der Waals surface area contributed by atoms with E-state index in [1.807, 2.05) is 43.1 Å². The molecule has 1 unspecified atom stereocenters. The topological polar surface area (TPSA) is 53.2 Å². The van der Waals surface area contributed by atoms with Crippen LogP contribution < -0.4 is 16.0 Å². The van der Waals surface area contributed by atoms with Crippen LogP contribution in [0.5, 0.6) is 0 Å². The molecule has 0 aliphatic rings. The van der Waals surface area contributed by atoms with Gasteiger partial charge in [0, 0.05) is 18.3 Å². The van der Waals surface area contributed by atoms with Gasteiger partial charge in [0.25, 0.3) is 0 Å². The molecule has 2 amide bonds. The Balaban J connectivity index is 2.38. The zero-order chi connectivity index (χ0) is 14.8. The number of nitrogens with one attached hydrogen (secondary N) is 3. The van der Waals surface area contributed by atoms with Crippen LogP contribution in [0.3, 0.4) is 0 Å². The molecule has 0 saturated carbocycles. The van der Waals surface area contributed by atoms with Gasteiger partial charge in [-0.1, -0.05) is 12.1 Å². The fraction of sp³-hybridized carbons (Fsp3) is 0.533. The smallest absolute Gasteiger partial charge is 0.319 e. The lowest BCUT2D eigenvalue weighted by Gasteiger charge is -2.13. The Bertz CT molecular complexity index is 412. The van der Waals surface area contributed by atoms with Crippen LogP contribution in [0.15, 0.2) is 24.3 Å². The Morgan fingerprint density at radius 3 is 2.85 bits per heavy atom. The van der Waals surface area contributed by atoms with Gasteiger partial charge in [0.1, 0.15) is 0 Å². The van der Waals surface area contributed by atoms with E-state index in [0.717, 1.165) is 36.4 Å². The number of benzene rings is 1. The van der Waals surface area contributed by atoms with E-state index < -0.39 is 0 Å². The summed E-state index contributed by atoms with van der Waals surface area (Å²) >= 11 is 1.84. The van der Waals surface area contributed by atoms with Crippen molar-refractivity contribution in [3.8, 4) is 0 Å². The second kappa shape index (κ2) is 9.66. The van der Waals surface area contributed by atoms with E-state index in [0.29, 0.717) is 0 Å². The molecule has 1 atom stereocenters. The van der Waals surface area contributed by atoms with Crippen molar-refractivity contribution in [2.24, 2.45) is 0 Å². The first-order valence-corrected chi connectivity index (χ1v) is 8.37. The van der Waals surface area contributed by atoms with Gasteiger partial charge in [-0.3, -0.25) is 0 Å². The number of thioether (sulfide) groups is 1. The van der Waals surface area contributed by atoms with Crippen molar-refractivity contribution in [2.45, 2.75) is 25.8 Å². The van der Waals surface area contributed by atoms with Crippen LogP contribution in [0.4, 0.5) is 10.5 Å². The molecule has 0 aromatic heterocycles. The molecule has 1 aromatic carbocycles. The molecule has 0 aliphatic heterocycles. The summed E-state index contributed by atoms with van der Waals surface area (Å²) in [6.07, 6.45) is 4.25. The highest BCUT2D eigenvalue weighted by Crippen LogP contribution is 2.16. The Kier molecular flexibility index (Phi) is 8.14. The molecule has 0 saturated heterocycles. The Morgan fingerprint density at radius 1 is 1.35 bits per heavy atom. The first-order valence-electron chi connectivity index (χ1n) is 6.98. The third kappa shape index (κ3) is 6.30. The zero-order valence-corrected chi connectivity index (χ0v) is 13.3. The number of hydrogen-bond acceptors (Lipinski definition) is 3. The number of amides is 2. The molecule has 0 bridgehead atoms. The second-order valence-corrected chi connectivity index (χ2v) is 5.70. The molecular formula is C15H25N3OS. The van der Waals surface area contributed by atoms with Gasteiger partial charge in [-0.25, -0.2) is 4.79 Å². The molecule has 3 N–H and O–H groups in total. The van der Waals surface area contributed by atoms with E-state index in [2.05, 4.69) is 29.1 Å². The first-order chi connectivity index (χ1) is 9.67. The number of urea groups is 1. The predicted molar refractivity (Wildman–Crippen MR) is 88.6 cm³/mol. The van der Waals surface area contributed by atoms with Crippen molar-refractivity contribution in [1.29, 1.82) is 0 Å². The molecule has 20 heavy (non-hydrogen) atoms. The molecular weight excluding hydrogens is 270 g/mol. The largest absolute Gasteiger partial charge is 0.338 e. The van der Waals surface area contributed by atoms with Gasteiger partial charge in [-0.05, 0) is 56.5 Å². The average molecular weight is 295 g/mol. The van der Waals surface area contributed by atoms with Crippen LogP contribution in [0.2, 0.25) is 0 Å². The van der Waals surface area contributed by atoms with E-state index in [4.69, 9.17) is 0 Å². The molecule has 0 radical (unpaired) electrons. The highest BCUT2D eigenvalue weighted by molar-refractivity contribution is 7.98. The molecule has 1 aromatic rings. The summed E-state index contributed by atoms with van der Waals surface area (Å²) in [6, 6.07) is 8.03. The minimum absolute atomic E-state index is 0.136. The van der Waals surface area contributed by atoms with E-state index >= 15 is 0 Å². The monoisotopic (exact) mass is 295 g/mol. The van der Waals surface area contributed by atoms with Gasteiger partial charge in [0.2, 0.25) is 0 Å². The first kappa shape index (κ1) is 16.9. The standard InChI is InChI=1S/C15H25N3OS/c1-12(16-2)13-7-6-8-14(11-13)18-15(19)17-9-4-5-10-20-3/h6-8,11-12,16H,4-5,9-10H2,1-3H3,(H2,17,18,19). The van der Waals surface area contributed by atoms with Crippen molar-refractivity contribution < 1.29 is 4.79 Å². The molecule has 0 fully saturated rings. The highest BCUT2D eigenvalue weighted by atomic mass is 32.2. The van der Waals surface area contributed by atoms with E-state index in [9.17, 15) is 4.79 Å². The van der Waals surface area contributed by atoms with Crippen LogP contribution in [-0.4, -0.2) is 31.6 Å². The lowest BCUT2D eigenvalue weighted by Crippen LogP contribution is -2.29. The molecule has 1 rings (SSSR count). The number of carbonyl (C=O) groups is 1. The van der Waals surface area contributed by atoms with Crippen LogP contribution in [0, 0.1) is 0 Å². The summed E-state index contributed by atoms with van der Waals surface area (Å²) in [7, 11) is 1.92. The van der Waals surface area contributed by atoms with Crippen LogP contribution >= 0.6 is 11.8 Å². The number of anilines is 1. The summed E-state index contributed by atoms with van der Waals surface area (Å²) in [5.74, 6) is 1.15. The number of rotatable bonds is 8. The molecule has 5 heteroatoms. The van der Waals surface area contributed by atoms with E-state index in [1.165, 1.54) is 0 Å². The normalized spacial score (nSPS) is 11.9. The summed E-state index contributed by atoms with van der Waals surface area (Å²) in [5.41, 5.74) is 1.98. The van der Waals surface area contributed by atoms with Crippen molar-refractivity contribution in [3.63, 3.8) is 0 Å². The number of unbranched alkanes of at least 4 members (excludes halogenated alkanes) is 1. The Morgan fingerprint density at radius 2 is 2.15 bits per heavy atom. The molecule has 0 spiro atoms. The third-order valence-corrected chi connectivity index (χ3v) is 3.84. The maximum atomic E-state index is 11.8. The van der Waals surface area contributed by atoms with Gasteiger partial charge in [-0.2, -0.15) is 11.8 Å². The minimum atomic E-state index is -0.136. The SMILES string of the molecule is CNC(C)c1cccc(NC(=O)NCCCCSC)c1. The lowest BCUT2D eigenvalue weighted by atomic mass is 10.1. The Hall–Kier alpha value is -1.20. The van der Waals surface area contributed by atoms with Gasteiger partial charge >= 0.3 is 6.03 Å². The molecule has 0 heterocycles. The number of carbonyl (C=O) groups excluding carboxylic acids is 1. The maximum absolute atomic E-state index is 11.8. The van der Waals surface area contributed by atoms with Crippen molar-refractivity contribution in [3.05, 3.63) is 29.8 Å². The third-order valence-electron chi connectivity index (χ3n) is 3.14. The van der Waals surface area contributed by atoms with Gasteiger partial charge < -0.3 is 16.0 Å². The number of hydrogen-bond donors (Lipinski definition) is 3. The van der Waals surface area contributed by atoms with Gasteiger partial charge in [0.05, 0.1) is 0 Å². The summed E-state index contributed by atoms with van der Waals surface area (Å²) < 4.78 is 0. The quantitative estimate of drug-likeness (QED) is 0.645. The fourth-order valence-corrected chi connectivity index (χ4v) is 2.29. The van der Waals surface area contributed by atoms with Crippen LogP contribution in [0.1, 0.15) is 31.4 Å². The van der Waals surface area contributed by atoms with Gasteiger partial charge in [0.15, 0.2) is 0 Å². The molecule has 0 aliphatic carbocycles. The summed E-state index contributed by atoms with van der Waals surface area (Å²) in [6.45, 7) is 2.81. The minimum Gasteiger partial charge on any atom is -0.338 e. The van der Waals surface area contributed by atoms with Crippen molar-refractivity contribution in [2.75, 3.05) is 30.9 Å². The van der Waals surface area contributed by atoms with Crippen LogP contribution in [0.25, 0.3) is 0 Å². The van der Waals surface area contributed by atoms with Gasteiger partial charge in [-0.15, -0.1) is 0 Å². The van der Waals surface area contributed by atoms with E-state index in [-0.39, 0.29) is 12.1 Å². The highest BCUT2D eigenvalue weighted by Gasteiger charge is 2.05. The average Bonchev–Trinajstić information content (AvgIpc) is 2.46. The molecule has 112 valence electrons. The van der Waals surface area contributed by atoms with Crippen molar-refractivity contribution in [1.82, 2.24) is 10.6 Å². The zero-order valence-electron chi connectivity index (χ0n) is 12.5. The fourth-order valence-electron chi connectivity index (χ4n) is 1.80. The lowest BCUT2D eigenvalue weighted by molar-refractivity contribution is 0.252. The molecule has 4 nitrogen and oxygen atoms in total. The summed E-state index contributed by atoms with van der Waals surface area (Å²) in [5, 5.41) is 8.93. The summed E-state index contributed by atoms with van der Waals surface area (Å²) in [4.78, 5) is 11.8. The maximum Gasteiger partial charge on any atom is 0.319 e. The Labute approximate surface area is 126 Å². The van der Waals surface area contributed by atoms with E-state index in [1.54, 1.807) is 0 Å². The van der Waals surface area contributed by atoms with Crippen molar-refractivity contribution >= 4 is 23.5 Å².